The molecule has 0 aliphatic carbocycles. The van der Waals surface area contributed by atoms with Gasteiger partial charge in [-0.2, -0.15) is 0 Å². The number of carbonyl (C=O) groups is 1. The van der Waals surface area contributed by atoms with E-state index in [0.29, 0.717) is 18.8 Å². The zero-order valence-electron chi connectivity index (χ0n) is 13.1. The van der Waals surface area contributed by atoms with Gasteiger partial charge in [0, 0.05) is 39.0 Å². The van der Waals surface area contributed by atoms with E-state index in [0.717, 1.165) is 32.5 Å². The molecule has 1 amide bonds. The number of imidazole rings is 1. The van der Waals surface area contributed by atoms with Crippen LogP contribution in [0.3, 0.4) is 0 Å². The lowest BCUT2D eigenvalue weighted by molar-refractivity contribution is -0.389. The summed E-state index contributed by atoms with van der Waals surface area (Å²) in [5, 5.41) is 14.0. The summed E-state index contributed by atoms with van der Waals surface area (Å²) in [6.07, 6.45) is 3.65. The maximum absolute atomic E-state index is 12.5. The molecule has 8 heteroatoms. The zero-order valence-corrected chi connectivity index (χ0v) is 13.1. The van der Waals surface area contributed by atoms with Crippen LogP contribution in [0.25, 0.3) is 0 Å². The van der Waals surface area contributed by atoms with Crippen molar-refractivity contribution in [1.29, 1.82) is 0 Å². The largest absolute Gasteiger partial charge is 0.381 e. The number of nitrogens with zero attached hydrogens (tertiary/aromatic N) is 4. The predicted molar refractivity (Wildman–Crippen MR) is 81.5 cm³/mol. The SMILES string of the molecule is CCCN(C(=O)CCn1cc([N+](=O)[O-])nc1C)C1CCNC1. The molecule has 1 aliphatic rings. The van der Waals surface area contributed by atoms with Crippen LogP contribution in [0.5, 0.6) is 0 Å². The minimum Gasteiger partial charge on any atom is -0.358 e. The van der Waals surface area contributed by atoms with Crippen LogP contribution in [0, 0.1) is 17.0 Å². The predicted octanol–water partition coefficient (Wildman–Crippen LogP) is 1.09. The van der Waals surface area contributed by atoms with Crippen LogP contribution >= 0.6 is 0 Å². The lowest BCUT2D eigenvalue weighted by Crippen LogP contribution is -2.42. The van der Waals surface area contributed by atoms with Crippen molar-refractivity contribution in [2.75, 3.05) is 19.6 Å². The molecule has 0 radical (unpaired) electrons. The molecule has 1 aromatic rings. The second-order valence-electron chi connectivity index (χ2n) is 5.58. The average Bonchev–Trinajstić information content (AvgIpc) is 3.12. The molecule has 0 aromatic carbocycles. The Kier molecular flexibility index (Phi) is 5.48. The molecule has 0 bridgehead atoms. The molecule has 1 fully saturated rings. The molecule has 1 N–H and O–H groups in total. The van der Waals surface area contributed by atoms with Crippen molar-refractivity contribution in [2.24, 2.45) is 0 Å². The maximum Gasteiger partial charge on any atom is 0.381 e. The van der Waals surface area contributed by atoms with Gasteiger partial charge in [-0.1, -0.05) is 6.92 Å². The van der Waals surface area contributed by atoms with Crippen molar-refractivity contribution in [1.82, 2.24) is 19.8 Å². The maximum atomic E-state index is 12.5. The fraction of sp³-hybridized carbons (Fsp3) is 0.714. The smallest absolute Gasteiger partial charge is 0.358 e. The Balaban J connectivity index is 1.96. The minimum absolute atomic E-state index is 0.103. The molecule has 1 aromatic heterocycles. The number of nitrogens with one attached hydrogen (secondary N) is 1. The third kappa shape index (κ3) is 3.82. The molecule has 1 saturated heterocycles. The first-order valence-corrected chi connectivity index (χ1v) is 7.71. The highest BCUT2D eigenvalue weighted by molar-refractivity contribution is 5.76. The highest BCUT2D eigenvalue weighted by atomic mass is 16.6. The molecule has 0 spiro atoms. The van der Waals surface area contributed by atoms with Crippen molar-refractivity contribution in [2.45, 2.75) is 45.7 Å². The summed E-state index contributed by atoms with van der Waals surface area (Å²) in [6.45, 7) is 6.75. The van der Waals surface area contributed by atoms with Crippen LogP contribution in [0.15, 0.2) is 6.20 Å². The third-order valence-corrected chi connectivity index (χ3v) is 3.98. The lowest BCUT2D eigenvalue weighted by Gasteiger charge is -2.28. The Hall–Kier alpha value is -1.96. The minimum atomic E-state index is -0.515. The van der Waals surface area contributed by atoms with E-state index in [4.69, 9.17) is 0 Å². The topological polar surface area (TPSA) is 93.3 Å². The molecular formula is C14H23N5O3. The molecule has 2 rings (SSSR count). The molecule has 122 valence electrons. The molecule has 22 heavy (non-hydrogen) atoms. The summed E-state index contributed by atoms with van der Waals surface area (Å²) in [7, 11) is 0. The second-order valence-corrected chi connectivity index (χ2v) is 5.58. The summed E-state index contributed by atoms with van der Waals surface area (Å²) in [5.74, 6) is 0.491. The second kappa shape index (κ2) is 7.35. The van der Waals surface area contributed by atoms with Crippen molar-refractivity contribution in [3.63, 3.8) is 0 Å². The van der Waals surface area contributed by atoms with Gasteiger partial charge >= 0.3 is 5.82 Å². The van der Waals surface area contributed by atoms with Crippen molar-refractivity contribution < 1.29 is 9.72 Å². The Morgan fingerprint density at radius 2 is 2.41 bits per heavy atom. The van der Waals surface area contributed by atoms with Gasteiger partial charge in [0.2, 0.25) is 11.7 Å². The molecule has 1 unspecified atom stereocenters. The standard InChI is InChI=1S/C14H23N5O3/c1-3-7-18(12-4-6-15-9-12)14(20)5-8-17-10-13(19(21)22)16-11(17)2/h10,12,15H,3-9H2,1-2H3. The van der Waals surface area contributed by atoms with Gasteiger partial charge in [-0.15, -0.1) is 0 Å². The number of rotatable bonds is 7. The quantitative estimate of drug-likeness (QED) is 0.601. The van der Waals surface area contributed by atoms with Gasteiger partial charge in [-0.25, -0.2) is 0 Å². The first kappa shape index (κ1) is 16.4. The van der Waals surface area contributed by atoms with E-state index in [1.807, 2.05) is 4.90 Å². The van der Waals surface area contributed by atoms with Crippen LogP contribution in [-0.2, 0) is 11.3 Å². The lowest BCUT2D eigenvalue weighted by atomic mass is 10.2. The molecule has 8 nitrogen and oxygen atoms in total. The number of carbonyl (C=O) groups excluding carboxylic acids is 1. The molecular weight excluding hydrogens is 286 g/mol. The van der Waals surface area contributed by atoms with Gasteiger partial charge < -0.3 is 24.9 Å². The molecule has 1 aliphatic heterocycles. The highest BCUT2D eigenvalue weighted by Crippen LogP contribution is 2.14. The van der Waals surface area contributed by atoms with Gasteiger partial charge in [0.15, 0.2) is 0 Å². The van der Waals surface area contributed by atoms with Crippen molar-refractivity contribution in [3.05, 3.63) is 22.1 Å². The Morgan fingerprint density at radius 3 is 2.95 bits per heavy atom. The van der Waals surface area contributed by atoms with E-state index in [1.54, 1.807) is 11.5 Å². The van der Waals surface area contributed by atoms with Crippen LogP contribution in [0.2, 0.25) is 0 Å². The van der Waals surface area contributed by atoms with Gasteiger partial charge in [-0.05, 0) is 29.3 Å². The van der Waals surface area contributed by atoms with Gasteiger partial charge in [0.25, 0.3) is 0 Å². The van der Waals surface area contributed by atoms with Crippen molar-refractivity contribution in [3.8, 4) is 0 Å². The van der Waals surface area contributed by atoms with Gasteiger partial charge in [-0.3, -0.25) is 4.79 Å². The molecule has 1 atom stereocenters. The average molecular weight is 309 g/mol. The Bertz CT molecular complexity index is 537. The number of hydrogen-bond acceptors (Lipinski definition) is 5. The number of hydrogen-bond donors (Lipinski definition) is 1. The van der Waals surface area contributed by atoms with Crippen LogP contribution in [0.4, 0.5) is 5.82 Å². The van der Waals surface area contributed by atoms with Crippen LogP contribution in [-0.4, -0.2) is 51.0 Å². The number of aromatic nitrogens is 2. The first-order chi connectivity index (χ1) is 10.5. The normalized spacial score (nSPS) is 17.6. The summed E-state index contributed by atoms with van der Waals surface area (Å²) < 4.78 is 1.67. The Labute approximate surface area is 129 Å². The van der Waals surface area contributed by atoms with E-state index < -0.39 is 4.92 Å². The van der Waals surface area contributed by atoms with Crippen LogP contribution < -0.4 is 5.32 Å². The summed E-state index contributed by atoms with van der Waals surface area (Å²) in [4.78, 5) is 28.5. The fourth-order valence-electron chi connectivity index (χ4n) is 2.82. The molecule has 0 saturated carbocycles. The summed E-state index contributed by atoms with van der Waals surface area (Å²) in [5.41, 5.74) is 0. The summed E-state index contributed by atoms with van der Waals surface area (Å²) in [6, 6.07) is 0.269. The van der Waals surface area contributed by atoms with E-state index >= 15 is 0 Å². The Morgan fingerprint density at radius 1 is 1.64 bits per heavy atom. The number of aryl methyl sites for hydroxylation is 2. The van der Waals surface area contributed by atoms with E-state index in [1.165, 1.54) is 6.20 Å². The number of amides is 1. The van der Waals surface area contributed by atoms with E-state index in [-0.39, 0.29) is 17.8 Å². The summed E-state index contributed by atoms with van der Waals surface area (Å²) >= 11 is 0. The zero-order chi connectivity index (χ0) is 16.1. The van der Waals surface area contributed by atoms with Gasteiger partial charge in [0.1, 0.15) is 6.20 Å². The highest BCUT2D eigenvalue weighted by Gasteiger charge is 2.26. The van der Waals surface area contributed by atoms with E-state index in [9.17, 15) is 14.9 Å². The molecule has 2 heterocycles. The number of nitro groups is 1. The first-order valence-electron chi connectivity index (χ1n) is 7.71. The van der Waals surface area contributed by atoms with E-state index in [2.05, 4.69) is 17.2 Å². The third-order valence-electron chi connectivity index (χ3n) is 3.98. The fourth-order valence-corrected chi connectivity index (χ4v) is 2.82. The van der Waals surface area contributed by atoms with Crippen LogP contribution in [0.1, 0.15) is 32.0 Å². The monoisotopic (exact) mass is 309 g/mol. The van der Waals surface area contributed by atoms with Crippen molar-refractivity contribution >= 4 is 11.7 Å². The van der Waals surface area contributed by atoms with Gasteiger partial charge in [0.05, 0.1) is 0 Å².